The number of hydrogen-bond acceptors (Lipinski definition) is 4. The fourth-order valence-electron chi connectivity index (χ4n) is 3.29. The van der Waals surface area contributed by atoms with Crippen LogP contribution in [0, 0.1) is 5.82 Å². The largest absolute Gasteiger partial charge is 0.507 e. The molecule has 0 unspecified atom stereocenters. The van der Waals surface area contributed by atoms with E-state index in [1.807, 2.05) is 6.07 Å². The predicted molar refractivity (Wildman–Crippen MR) is 108 cm³/mol. The summed E-state index contributed by atoms with van der Waals surface area (Å²) in [6, 6.07) is 21.1. The van der Waals surface area contributed by atoms with Crippen molar-refractivity contribution in [1.29, 1.82) is 0 Å². The highest BCUT2D eigenvalue weighted by molar-refractivity contribution is 6.11. The van der Waals surface area contributed by atoms with Gasteiger partial charge in [-0.05, 0) is 23.3 Å². The zero-order valence-electron chi connectivity index (χ0n) is 15.3. The number of rotatable bonds is 4. The molecule has 5 heteroatoms. The molecule has 0 aliphatic heterocycles. The predicted octanol–water partition coefficient (Wildman–Crippen LogP) is 5.41. The summed E-state index contributed by atoms with van der Waals surface area (Å²) >= 11 is 0. The summed E-state index contributed by atoms with van der Waals surface area (Å²) < 4.78 is 18.4. The van der Waals surface area contributed by atoms with Crippen LogP contribution in [0.15, 0.2) is 78.9 Å². The third-order valence-electron chi connectivity index (χ3n) is 4.71. The lowest BCUT2D eigenvalue weighted by Gasteiger charge is -2.16. The maximum Gasteiger partial charge on any atom is 0.343 e. The Morgan fingerprint density at radius 3 is 2.03 bits per heavy atom. The van der Waals surface area contributed by atoms with E-state index in [1.165, 1.54) is 24.3 Å². The minimum atomic E-state index is -0.785. The standard InChI is InChI=1S/C24H17FO4/c25-17-12-10-15(11-13-17)14-29-24(28)21-20(16-6-2-1-3-7-16)22(26)18-8-4-5-9-19(18)23(21)27/h1-13,26-27H,14H2. The van der Waals surface area contributed by atoms with Crippen molar-refractivity contribution in [2.75, 3.05) is 0 Å². The second kappa shape index (κ2) is 7.64. The van der Waals surface area contributed by atoms with Gasteiger partial charge in [-0.25, -0.2) is 9.18 Å². The third kappa shape index (κ3) is 3.50. The van der Waals surface area contributed by atoms with E-state index in [9.17, 15) is 19.4 Å². The van der Waals surface area contributed by atoms with Gasteiger partial charge in [0.1, 0.15) is 29.5 Å². The first-order valence-corrected chi connectivity index (χ1v) is 9.00. The van der Waals surface area contributed by atoms with Crippen LogP contribution in [0.25, 0.3) is 21.9 Å². The molecule has 0 aliphatic rings. The highest BCUT2D eigenvalue weighted by Gasteiger charge is 2.26. The Hall–Kier alpha value is -3.86. The number of aromatic hydroxyl groups is 2. The Morgan fingerprint density at radius 2 is 1.38 bits per heavy atom. The Morgan fingerprint density at radius 1 is 0.793 bits per heavy atom. The number of esters is 1. The lowest BCUT2D eigenvalue weighted by atomic mass is 9.93. The fourth-order valence-corrected chi connectivity index (χ4v) is 3.29. The molecule has 0 spiro atoms. The van der Waals surface area contributed by atoms with Crippen LogP contribution >= 0.6 is 0 Å². The van der Waals surface area contributed by atoms with Crippen molar-refractivity contribution in [1.82, 2.24) is 0 Å². The van der Waals surface area contributed by atoms with E-state index in [1.54, 1.807) is 48.5 Å². The van der Waals surface area contributed by atoms with Gasteiger partial charge in [0, 0.05) is 16.3 Å². The second-order valence-corrected chi connectivity index (χ2v) is 6.56. The molecule has 0 aliphatic carbocycles. The van der Waals surface area contributed by atoms with E-state index in [0.29, 0.717) is 21.9 Å². The van der Waals surface area contributed by atoms with Gasteiger partial charge in [0.25, 0.3) is 0 Å². The molecule has 144 valence electrons. The zero-order chi connectivity index (χ0) is 20.4. The van der Waals surface area contributed by atoms with Crippen LogP contribution in [0.3, 0.4) is 0 Å². The van der Waals surface area contributed by atoms with Gasteiger partial charge in [-0.1, -0.05) is 66.7 Å². The summed E-state index contributed by atoms with van der Waals surface area (Å²) in [5.74, 6) is -1.55. The smallest absolute Gasteiger partial charge is 0.343 e. The lowest BCUT2D eigenvalue weighted by molar-refractivity contribution is 0.0470. The van der Waals surface area contributed by atoms with Crippen LogP contribution in [-0.4, -0.2) is 16.2 Å². The first-order valence-electron chi connectivity index (χ1n) is 9.00. The average Bonchev–Trinajstić information content (AvgIpc) is 2.76. The zero-order valence-corrected chi connectivity index (χ0v) is 15.3. The minimum absolute atomic E-state index is 0.0969. The molecule has 4 aromatic rings. The van der Waals surface area contributed by atoms with E-state index >= 15 is 0 Å². The summed E-state index contributed by atoms with van der Waals surface area (Å²) in [5.41, 5.74) is 1.26. The SMILES string of the molecule is O=C(OCc1ccc(F)cc1)c1c(-c2ccccc2)c(O)c2ccccc2c1O. The first kappa shape index (κ1) is 18.5. The Kier molecular flexibility index (Phi) is 4.87. The second-order valence-electron chi connectivity index (χ2n) is 6.56. The van der Waals surface area contributed by atoms with Gasteiger partial charge in [-0.15, -0.1) is 0 Å². The normalized spacial score (nSPS) is 10.8. The van der Waals surface area contributed by atoms with Gasteiger partial charge < -0.3 is 14.9 Å². The third-order valence-corrected chi connectivity index (χ3v) is 4.71. The van der Waals surface area contributed by atoms with Crippen LogP contribution in [0.1, 0.15) is 15.9 Å². The van der Waals surface area contributed by atoms with Crippen molar-refractivity contribution in [3.63, 3.8) is 0 Å². The fraction of sp³-hybridized carbons (Fsp3) is 0.0417. The number of hydrogen-bond donors (Lipinski definition) is 2. The molecule has 0 fully saturated rings. The molecule has 0 radical (unpaired) electrons. The summed E-state index contributed by atoms with van der Waals surface area (Å²) in [6.07, 6.45) is 0. The minimum Gasteiger partial charge on any atom is -0.507 e. The molecule has 2 N–H and O–H groups in total. The van der Waals surface area contributed by atoms with Crippen molar-refractivity contribution in [2.24, 2.45) is 0 Å². The van der Waals surface area contributed by atoms with Gasteiger partial charge in [0.15, 0.2) is 0 Å². The van der Waals surface area contributed by atoms with E-state index in [4.69, 9.17) is 4.74 Å². The number of phenolic OH excluding ortho intramolecular Hbond substituents is 2. The number of benzene rings is 4. The highest BCUT2D eigenvalue weighted by Crippen LogP contribution is 2.45. The van der Waals surface area contributed by atoms with Crippen LogP contribution in [0.4, 0.5) is 4.39 Å². The first-order chi connectivity index (χ1) is 14.1. The van der Waals surface area contributed by atoms with E-state index in [0.717, 1.165) is 0 Å². The van der Waals surface area contributed by atoms with E-state index < -0.39 is 5.97 Å². The molecule has 0 atom stereocenters. The van der Waals surface area contributed by atoms with Crippen molar-refractivity contribution >= 4 is 16.7 Å². The molecule has 4 aromatic carbocycles. The maximum absolute atomic E-state index is 13.1. The van der Waals surface area contributed by atoms with Gasteiger partial charge in [-0.2, -0.15) is 0 Å². The average molecular weight is 388 g/mol. The number of carbonyl (C=O) groups is 1. The topological polar surface area (TPSA) is 66.8 Å². The Balaban J connectivity index is 1.82. The molecular formula is C24H17FO4. The quantitative estimate of drug-likeness (QED) is 0.362. The number of fused-ring (bicyclic) bond motifs is 1. The van der Waals surface area contributed by atoms with Crippen molar-refractivity contribution in [2.45, 2.75) is 6.61 Å². The molecule has 29 heavy (non-hydrogen) atoms. The summed E-state index contributed by atoms with van der Waals surface area (Å²) in [7, 11) is 0. The highest BCUT2D eigenvalue weighted by atomic mass is 19.1. The lowest BCUT2D eigenvalue weighted by Crippen LogP contribution is -2.08. The molecule has 4 nitrogen and oxygen atoms in total. The van der Waals surface area contributed by atoms with Crippen molar-refractivity contribution in [3.8, 4) is 22.6 Å². The summed E-state index contributed by atoms with van der Waals surface area (Å²) in [4.78, 5) is 12.9. The Labute approximate surface area is 166 Å². The van der Waals surface area contributed by atoms with Crippen LogP contribution < -0.4 is 0 Å². The van der Waals surface area contributed by atoms with Gasteiger partial charge in [0.2, 0.25) is 0 Å². The summed E-state index contributed by atoms with van der Waals surface area (Å²) in [5, 5.41) is 22.5. The molecule has 0 bridgehead atoms. The molecule has 4 rings (SSSR count). The maximum atomic E-state index is 13.1. The number of halogens is 1. The molecular weight excluding hydrogens is 371 g/mol. The van der Waals surface area contributed by atoms with E-state index in [2.05, 4.69) is 0 Å². The van der Waals surface area contributed by atoms with E-state index in [-0.39, 0.29) is 35.1 Å². The number of carbonyl (C=O) groups excluding carboxylic acids is 1. The van der Waals surface area contributed by atoms with Crippen molar-refractivity contribution in [3.05, 3.63) is 95.8 Å². The van der Waals surface area contributed by atoms with Crippen LogP contribution in [0.5, 0.6) is 11.5 Å². The van der Waals surface area contributed by atoms with Gasteiger partial charge in [0.05, 0.1) is 0 Å². The van der Waals surface area contributed by atoms with Crippen LogP contribution in [-0.2, 0) is 11.3 Å². The number of ether oxygens (including phenoxy) is 1. The molecule has 0 aromatic heterocycles. The van der Waals surface area contributed by atoms with Gasteiger partial charge >= 0.3 is 5.97 Å². The number of phenols is 2. The van der Waals surface area contributed by atoms with Gasteiger partial charge in [-0.3, -0.25) is 0 Å². The monoisotopic (exact) mass is 388 g/mol. The Bertz CT molecular complexity index is 1190. The van der Waals surface area contributed by atoms with Crippen LogP contribution in [0.2, 0.25) is 0 Å². The molecule has 0 saturated carbocycles. The molecule has 0 saturated heterocycles. The van der Waals surface area contributed by atoms with Crippen molar-refractivity contribution < 1.29 is 24.1 Å². The molecule has 0 heterocycles. The summed E-state index contributed by atoms with van der Waals surface area (Å²) in [6.45, 7) is -0.0969. The molecule has 0 amide bonds.